The number of hydrogen-bond acceptors (Lipinski definition) is 2. The van der Waals surface area contributed by atoms with Crippen molar-refractivity contribution in [3.63, 3.8) is 0 Å². The van der Waals surface area contributed by atoms with Crippen LogP contribution in [0.1, 0.15) is 32.1 Å². The van der Waals surface area contributed by atoms with Crippen LogP contribution in [-0.4, -0.2) is 24.8 Å². The molecule has 0 aromatic carbocycles. The van der Waals surface area contributed by atoms with Gasteiger partial charge < -0.3 is 10.4 Å². The van der Waals surface area contributed by atoms with Crippen molar-refractivity contribution in [2.24, 2.45) is 0 Å². The Hall–Kier alpha value is -0.340. The number of hydrogen-bond donors (Lipinski definition) is 2. The highest BCUT2D eigenvalue weighted by Crippen LogP contribution is 2.19. The molecular formula is C10H19NO. The smallest absolute Gasteiger partial charge is 0.0555 e. The zero-order valence-corrected chi connectivity index (χ0v) is 7.68. The van der Waals surface area contributed by atoms with E-state index >= 15 is 0 Å². The van der Waals surface area contributed by atoms with Crippen LogP contribution in [0.2, 0.25) is 0 Å². The molecule has 2 nitrogen and oxygen atoms in total. The average molecular weight is 169 g/mol. The lowest BCUT2D eigenvalue weighted by molar-refractivity contribution is 0.292. The van der Waals surface area contributed by atoms with Gasteiger partial charge in [0.15, 0.2) is 0 Å². The summed E-state index contributed by atoms with van der Waals surface area (Å²) < 4.78 is 0. The fraction of sp³-hybridized carbons (Fsp3) is 0.800. The van der Waals surface area contributed by atoms with Gasteiger partial charge >= 0.3 is 0 Å². The Morgan fingerprint density at radius 1 is 1.33 bits per heavy atom. The zero-order valence-electron chi connectivity index (χ0n) is 7.68. The Kier molecular flexibility index (Phi) is 5.04. The summed E-state index contributed by atoms with van der Waals surface area (Å²) >= 11 is 0. The summed E-state index contributed by atoms with van der Waals surface area (Å²) in [4.78, 5) is 0. The van der Waals surface area contributed by atoms with Crippen LogP contribution in [0.25, 0.3) is 0 Å². The molecule has 0 aliphatic heterocycles. The van der Waals surface area contributed by atoms with Gasteiger partial charge in [-0.3, -0.25) is 0 Å². The lowest BCUT2D eigenvalue weighted by atomic mass is 9.97. The van der Waals surface area contributed by atoms with Crippen LogP contribution >= 0.6 is 0 Å². The third kappa shape index (κ3) is 3.88. The van der Waals surface area contributed by atoms with Crippen LogP contribution in [0, 0.1) is 0 Å². The fourth-order valence-electron chi connectivity index (χ4n) is 1.58. The molecule has 0 saturated heterocycles. The van der Waals surface area contributed by atoms with Gasteiger partial charge in [0.1, 0.15) is 0 Å². The number of aliphatic hydroxyl groups excluding tert-OH is 1. The highest BCUT2D eigenvalue weighted by atomic mass is 16.3. The second-order valence-electron chi connectivity index (χ2n) is 3.33. The van der Waals surface area contributed by atoms with Gasteiger partial charge in [-0.15, -0.1) is 0 Å². The van der Waals surface area contributed by atoms with E-state index in [9.17, 15) is 0 Å². The van der Waals surface area contributed by atoms with Gasteiger partial charge in [0.25, 0.3) is 0 Å². The maximum Gasteiger partial charge on any atom is 0.0555 e. The monoisotopic (exact) mass is 169 g/mol. The molecule has 0 amide bonds. The number of allylic oxidation sites excluding steroid dienone is 1. The van der Waals surface area contributed by atoms with E-state index in [2.05, 4.69) is 11.4 Å². The SMILES string of the molecule is OCCNCCC1=CCCCC1. The predicted molar refractivity (Wildman–Crippen MR) is 51.1 cm³/mol. The number of nitrogens with one attached hydrogen (secondary N) is 1. The van der Waals surface area contributed by atoms with Crippen molar-refractivity contribution >= 4 is 0 Å². The van der Waals surface area contributed by atoms with Crippen LogP contribution in [0.15, 0.2) is 11.6 Å². The van der Waals surface area contributed by atoms with Crippen LogP contribution in [0.5, 0.6) is 0 Å². The summed E-state index contributed by atoms with van der Waals surface area (Å²) in [7, 11) is 0. The van der Waals surface area contributed by atoms with Crippen molar-refractivity contribution < 1.29 is 5.11 Å². The van der Waals surface area contributed by atoms with Crippen molar-refractivity contribution in [1.82, 2.24) is 5.32 Å². The van der Waals surface area contributed by atoms with E-state index < -0.39 is 0 Å². The van der Waals surface area contributed by atoms with E-state index in [0.29, 0.717) is 0 Å². The Labute approximate surface area is 74.7 Å². The third-order valence-corrected chi connectivity index (χ3v) is 2.30. The fourth-order valence-corrected chi connectivity index (χ4v) is 1.58. The Bertz CT molecular complexity index is 143. The molecule has 0 unspecified atom stereocenters. The van der Waals surface area contributed by atoms with E-state index in [1.807, 2.05) is 0 Å². The van der Waals surface area contributed by atoms with Gasteiger partial charge in [0.2, 0.25) is 0 Å². The van der Waals surface area contributed by atoms with Gasteiger partial charge in [-0.1, -0.05) is 11.6 Å². The predicted octanol–water partition coefficient (Wildman–Crippen LogP) is 1.46. The molecule has 1 aliphatic rings. The van der Waals surface area contributed by atoms with Gasteiger partial charge in [-0.05, 0) is 38.6 Å². The lowest BCUT2D eigenvalue weighted by Crippen LogP contribution is -2.19. The second-order valence-corrected chi connectivity index (χ2v) is 3.33. The molecule has 2 N–H and O–H groups in total. The summed E-state index contributed by atoms with van der Waals surface area (Å²) in [5, 5.41) is 11.7. The van der Waals surface area contributed by atoms with Crippen LogP contribution in [0.3, 0.4) is 0 Å². The summed E-state index contributed by atoms with van der Waals surface area (Å²) in [5.41, 5.74) is 1.60. The van der Waals surface area contributed by atoms with Crippen molar-refractivity contribution in [3.8, 4) is 0 Å². The molecule has 0 bridgehead atoms. The molecule has 0 heterocycles. The molecule has 2 heteroatoms. The topological polar surface area (TPSA) is 32.3 Å². The molecule has 70 valence electrons. The normalized spacial score (nSPS) is 17.6. The van der Waals surface area contributed by atoms with E-state index in [-0.39, 0.29) is 6.61 Å². The first kappa shape index (κ1) is 9.75. The zero-order chi connectivity index (χ0) is 8.65. The molecule has 0 radical (unpaired) electrons. The Morgan fingerprint density at radius 3 is 2.92 bits per heavy atom. The summed E-state index contributed by atoms with van der Waals surface area (Å²) in [5.74, 6) is 0. The minimum Gasteiger partial charge on any atom is -0.395 e. The van der Waals surface area contributed by atoms with Crippen molar-refractivity contribution in [1.29, 1.82) is 0 Å². The standard InChI is InChI=1S/C10H19NO/c12-9-8-11-7-6-10-4-2-1-3-5-10/h4,11-12H,1-3,5-9H2. The molecule has 0 aromatic rings. The van der Waals surface area contributed by atoms with E-state index in [4.69, 9.17) is 5.11 Å². The van der Waals surface area contributed by atoms with E-state index in [0.717, 1.165) is 13.1 Å². The van der Waals surface area contributed by atoms with Gasteiger partial charge in [-0.2, -0.15) is 0 Å². The summed E-state index contributed by atoms with van der Waals surface area (Å²) in [6.45, 7) is 2.00. The van der Waals surface area contributed by atoms with Crippen LogP contribution in [0.4, 0.5) is 0 Å². The molecule has 0 spiro atoms. The summed E-state index contributed by atoms with van der Waals surface area (Å²) in [6.07, 6.45) is 8.85. The lowest BCUT2D eigenvalue weighted by Gasteiger charge is -2.12. The highest BCUT2D eigenvalue weighted by molar-refractivity contribution is 5.04. The van der Waals surface area contributed by atoms with Crippen molar-refractivity contribution in [2.45, 2.75) is 32.1 Å². The molecule has 1 aliphatic carbocycles. The first-order valence-corrected chi connectivity index (χ1v) is 4.93. The minimum atomic E-state index is 0.249. The Morgan fingerprint density at radius 2 is 2.25 bits per heavy atom. The second kappa shape index (κ2) is 6.21. The molecule has 1 rings (SSSR count). The maximum absolute atomic E-state index is 8.53. The van der Waals surface area contributed by atoms with Gasteiger partial charge in [-0.25, -0.2) is 0 Å². The molecular weight excluding hydrogens is 150 g/mol. The van der Waals surface area contributed by atoms with E-state index in [1.165, 1.54) is 32.1 Å². The van der Waals surface area contributed by atoms with Gasteiger partial charge in [0, 0.05) is 6.54 Å². The first-order valence-electron chi connectivity index (χ1n) is 4.93. The van der Waals surface area contributed by atoms with Crippen LogP contribution in [-0.2, 0) is 0 Å². The minimum absolute atomic E-state index is 0.249. The van der Waals surface area contributed by atoms with Crippen molar-refractivity contribution in [3.05, 3.63) is 11.6 Å². The summed E-state index contributed by atoms with van der Waals surface area (Å²) in [6, 6.07) is 0. The quantitative estimate of drug-likeness (QED) is 0.482. The molecule has 0 saturated carbocycles. The van der Waals surface area contributed by atoms with E-state index in [1.54, 1.807) is 5.57 Å². The first-order chi connectivity index (χ1) is 5.93. The number of aliphatic hydroxyl groups is 1. The highest BCUT2D eigenvalue weighted by Gasteiger charge is 2.02. The molecule has 0 fully saturated rings. The molecule has 0 aromatic heterocycles. The van der Waals surface area contributed by atoms with Gasteiger partial charge in [0.05, 0.1) is 6.61 Å². The molecule has 12 heavy (non-hydrogen) atoms. The Balaban J connectivity index is 2.01. The third-order valence-electron chi connectivity index (χ3n) is 2.30. The average Bonchev–Trinajstić information content (AvgIpc) is 2.14. The molecule has 0 atom stereocenters. The van der Waals surface area contributed by atoms with Crippen LogP contribution < -0.4 is 5.32 Å². The largest absolute Gasteiger partial charge is 0.395 e. The number of rotatable bonds is 5. The van der Waals surface area contributed by atoms with Crippen molar-refractivity contribution in [2.75, 3.05) is 19.7 Å². The maximum atomic E-state index is 8.53.